The van der Waals surface area contributed by atoms with Crippen molar-refractivity contribution in [1.82, 2.24) is 9.71 Å². The molecule has 19 heavy (non-hydrogen) atoms. The average molecular weight is 327 g/mol. The molecule has 1 heterocycles. The highest BCUT2D eigenvalue weighted by Gasteiger charge is 2.18. The van der Waals surface area contributed by atoms with Gasteiger partial charge in [0.1, 0.15) is 5.02 Å². The number of pyridine rings is 1. The molecule has 1 aromatic heterocycles. The number of sulfonamides is 1. The van der Waals surface area contributed by atoms with E-state index in [1.807, 2.05) is 0 Å². The fraction of sp³-hybridized carbons (Fsp3) is 0.500. The zero-order valence-electron chi connectivity index (χ0n) is 10.5. The van der Waals surface area contributed by atoms with E-state index in [0.717, 1.165) is 12.3 Å². The number of hydrogen-bond acceptors (Lipinski definition) is 4. The minimum atomic E-state index is -3.75. The van der Waals surface area contributed by atoms with E-state index in [9.17, 15) is 17.4 Å². The largest absolute Gasteiger partial charge is 0.326 e. The highest BCUT2D eigenvalue weighted by atomic mass is 35.5. The van der Waals surface area contributed by atoms with E-state index in [4.69, 9.17) is 11.6 Å². The molecule has 0 aliphatic heterocycles. The van der Waals surface area contributed by atoms with Crippen LogP contribution < -0.4 is 10.3 Å². The van der Waals surface area contributed by atoms with Crippen molar-refractivity contribution >= 4 is 32.4 Å². The second-order valence-electron chi connectivity index (χ2n) is 4.10. The second kappa shape index (κ2) is 6.65. The summed E-state index contributed by atoms with van der Waals surface area (Å²) in [6, 6.07) is 0.729. The summed E-state index contributed by atoms with van der Waals surface area (Å²) < 4.78 is 37.3. The van der Waals surface area contributed by atoms with Crippen LogP contribution in [0.15, 0.2) is 22.0 Å². The van der Waals surface area contributed by atoms with Crippen molar-refractivity contribution in [3.05, 3.63) is 27.6 Å². The monoisotopic (exact) mass is 326 g/mol. The van der Waals surface area contributed by atoms with Gasteiger partial charge in [-0.2, -0.15) is 0 Å². The van der Waals surface area contributed by atoms with E-state index in [2.05, 4.69) is 9.71 Å². The van der Waals surface area contributed by atoms with Gasteiger partial charge in [-0.15, -0.1) is 0 Å². The Bertz CT molecular complexity index is 627. The van der Waals surface area contributed by atoms with Crippen molar-refractivity contribution in [2.75, 3.05) is 12.0 Å². The van der Waals surface area contributed by atoms with Gasteiger partial charge in [-0.25, -0.2) is 13.1 Å². The first-order valence-electron chi connectivity index (χ1n) is 5.43. The molecule has 0 aliphatic carbocycles. The minimum Gasteiger partial charge on any atom is -0.326 e. The lowest BCUT2D eigenvalue weighted by Crippen LogP contribution is -2.33. The normalized spacial score (nSPS) is 15.1. The van der Waals surface area contributed by atoms with Crippen LogP contribution in [-0.4, -0.2) is 35.7 Å². The summed E-state index contributed by atoms with van der Waals surface area (Å²) in [5.41, 5.74) is -0.546. The first kappa shape index (κ1) is 16.4. The smallest absolute Gasteiger partial charge is 0.266 e. The number of aromatic nitrogens is 1. The van der Waals surface area contributed by atoms with Crippen LogP contribution >= 0.6 is 11.6 Å². The van der Waals surface area contributed by atoms with Gasteiger partial charge in [-0.1, -0.05) is 11.6 Å². The average Bonchev–Trinajstić information content (AvgIpc) is 2.29. The predicted octanol–water partition coefficient (Wildman–Crippen LogP) is 0.464. The predicted molar refractivity (Wildman–Crippen MR) is 75.4 cm³/mol. The molecule has 0 aromatic carbocycles. The third-order valence-electron chi connectivity index (χ3n) is 2.34. The molecule has 1 rings (SSSR count). The molecule has 6 nitrogen and oxygen atoms in total. The van der Waals surface area contributed by atoms with Crippen LogP contribution in [0.25, 0.3) is 0 Å². The molecule has 2 unspecified atom stereocenters. The Morgan fingerprint density at radius 2 is 2.16 bits per heavy atom. The van der Waals surface area contributed by atoms with Crippen molar-refractivity contribution in [3.8, 4) is 0 Å². The Morgan fingerprint density at radius 1 is 1.53 bits per heavy atom. The Labute approximate surface area is 119 Å². The number of hydrogen-bond donors (Lipinski definition) is 2. The van der Waals surface area contributed by atoms with E-state index < -0.39 is 26.4 Å². The zero-order chi connectivity index (χ0) is 14.6. The summed E-state index contributed by atoms with van der Waals surface area (Å²) in [6.45, 7) is 1.68. The lowest BCUT2D eigenvalue weighted by molar-refractivity contribution is 0.555. The Morgan fingerprint density at radius 3 is 2.68 bits per heavy atom. The molecule has 0 amide bonds. The van der Waals surface area contributed by atoms with Crippen LogP contribution in [0.2, 0.25) is 5.02 Å². The second-order valence-corrected chi connectivity index (χ2v) is 7.78. The number of nitrogens with one attached hydrogen (secondary N) is 2. The van der Waals surface area contributed by atoms with Crippen molar-refractivity contribution in [1.29, 1.82) is 0 Å². The molecule has 9 heteroatoms. The van der Waals surface area contributed by atoms with Gasteiger partial charge in [0.25, 0.3) is 5.56 Å². The van der Waals surface area contributed by atoms with Crippen LogP contribution in [-0.2, 0) is 20.8 Å². The number of halogens is 1. The first-order valence-corrected chi connectivity index (χ1v) is 9.02. The van der Waals surface area contributed by atoms with Crippen LogP contribution in [0, 0.1) is 0 Å². The molecule has 0 fully saturated rings. The van der Waals surface area contributed by atoms with Crippen molar-refractivity contribution in [2.45, 2.75) is 24.3 Å². The molecular formula is C10H15ClN2O4S2. The van der Waals surface area contributed by atoms with E-state index in [1.165, 1.54) is 0 Å². The van der Waals surface area contributed by atoms with Crippen LogP contribution in [0.3, 0.4) is 0 Å². The molecule has 0 radical (unpaired) electrons. The molecule has 0 spiro atoms. The topological polar surface area (TPSA) is 96.1 Å². The fourth-order valence-electron chi connectivity index (χ4n) is 1.33. The standard InChI is InChI=1S/C10H15ClN2O4S2/c1-7(3-4-18(2)15)13-19(16,17)8-5-9(11)10(14)12-6-8/h5-7,13H,3-4H2,1-2H3,(H,12,14). The van der Waals surface area contributed by atoms with Gasteiger partial charge in [0.05, 0.1) is 4.90 Å². The van der Waals surface area contributed by atoms with Crippen molar-refractivity contribution < 1.29 is 12.6 Å². The van der Waals surface area contributed by atoms with E-state index in [0.29, 0.717) is 12.2 Å². The van der Waals surface area contributed by atoms with E-state index in [-0.39, 0.29) is 16.0 Å². The molecule has 0 bridgehead atoms. The molecule has 0 aliphatic rings. The van der Waals surface area contributed by atoms with Gasteiger partial charge < -0.3 is 4.98 Å². The quantitative estimate of drug-likeness (QED) is 0.794. The Kier molecular flexibility index (Phi) is 5.72. The minimum absolute atomic E-state index is 0.110. The highest BCUT2D eigenvalue weighted by Crippen LogP contribution is 2.11. The van der Waals surface area contributed by atoms with Gasteiger partial charge in [-0.05, 0) is 19.4 Å². The lowest BCUT2D eigenvalue weighted by Gasteiger charge is -2.13. The molecule has 2 N–H and O–H groups in total. The maximum absolute atomic E-state index is 12.0. The van der Waals surface area contributed by atoms with Crippen LogP contribution in [0.4, 0.5) is 0 Å². The van der Waals surface area contributed by atoms with Gasteiger partial charge in [-0.3, -0.25) is 9.00 Å². The summed E-state index contributed by atoms with van der Waals surface area (Å²) in [5, 5.41) is -0.190. The molecule has 108 valence electrons. The molecule has 1 aromatic rings. The number of aromatic amines is 1. The third-order valence-corrected chi connectivity index (χ3v) is 5.00. The molecule has 0 saturated heterocycles. The lowest BCUT2D eigenvalue weighted by atomic mass is 10.3. The van der Waals surface area contributed by atoms with E-state index >= 15 is 0 Å². The summed E-state index contributed by atoms with van der Waals surface area (Å²) >= 11 is 5.58. The molecule has 0 saturated carbocycles. The van der Waals surface area contributed by atoms with Crippen LogP contribution in [0.5, 0.6) is 0 Å². The Balaban J connectivity index is 2.83. The highest BCUT2D eigenvalue weighted by molar-refractivity contribution is 7.89. The first-order chi connectivity index (χ1) is 8.72. The van der Waals surface area contributed by atoms with Gasteiger partial charge in [0, 0.05) is 35.0 Å². The number of H-pyrrole nitrogens is 1. The summed E-state index contributed by atoms with van der Waals surface area (Å²) in [5.74, 6) is 0.413. The number of rotatable bonds is 6. The summed E-state index contributed by atoms with van der Waals surface area (Å²) in [7, 11) is -4.72. The summed E-state index contributed by atoms with van der Waals surface area (Å²) in [4.78, 5) is 13.2. The molecular weight excluding hydrogens is 312 g/mol. The molecule has 2 atom stereocenters. The third kappa shape index (κ3) is 5.06. The maximum atomic E-state index is 12.0. The van der Waals surface area contributed by atoms with Gasteiger partial charge >= 0.3 is 0 Å². The zero-order valence-corrected chi connectivity index (χ0v) is 12.9. The van der Waals surface area contributed by atoms with Crippen LogP contribution in [0.1, 0.15) is 13.3 Å². The van der Waals surface area contributed by atoms with Crippen molar-refractivity contribution in [2.24, 2.45) is 0 Å². The SMILES string of the molecule is CC(CCS(C)=O)NS(=O)(=O)c1c[nH]c(=O)c(Cl)c1. The van der Waals surface area contributed by atoms with Crippen molar-refractivity contribution in [3.63, 3.8) is 0 Å². The van der Waals surface area contributed by atoms with Gasteiger partial charge in [0.15, 0.2) is 0 Å². The fourth-order valence-corrected chi connectivity index (χ4v) is 3.52. The van der Waals surface area contributed by atoms with Gasteiger partial charge in [0.2, 0.25) is 10.0 Å². The summed E-state index contributed by atoms with van der Waals surface area (Å²) in [6.07, 6.45) is 3.10. The Hall–Kier alpha value is -0.700. The maximum Gasteiger partial charge on any atom is 0.266 e. The van der Waals surface area contributed by atoms with E-state index in [1.54, 1.807) is 13.2 Å².